The molecule has 12 heteroatoms. The molecular formula is C25H32N6O5S. The molecule has 4 aliphatic carbocycles. The number of nitrogens with one attached hydrogen (secondary N) is 3. The van der Waals surface area contributed by atoms with Crippen LogP contribution in [-0.2, 0) is 16.3 Å². The molecule has 0 radical (unpaired) electrons. The van der Waals surface area contributed by atoms with E-state index in [1.54, 1.807) is 6.20 Å². The Morgan fingerprint density at radius 1 is 1.16 bits per heavy atom. The average molecular weight is 529 g/mol. The third-order valence-electron chi connectivity index (χ3n) is 9.15. The molecule has 4 saturated carbocycles. The first-order chi connectivity index (χ1) is 17.8. The molecule has 6 aliphatic rings. The number of nitrogens with zero attached hydrogens (tertiary/aromatic N) is 3. The minimum atomic E-state index is -3.01. The number of fused-ring (bicyclic) bond motifs is 1. The third-order valence-corrected chi connectivity index (χ3v) is 10.9. The summed E-state index contributed by atoms with van der Waals surface area (Å²) in [5, 5.41) is 25.0. The second-order valence-corrected chi connectivity index (χ2v) is 14.0. The molecule has 11 nitrogen and oxygen atoms in total. The van der Waals surface area contributed by atoms with Crippen LogP contribution in [0.5, 0.6) is 0 Å². The van der Waals surface area contributed by atoms with Gasteiger partial charge in [0.1, 0.15) is 15.7 Å². The summed E-state index contributed by atoms with van der Waals surface area (Å²) in [5.41, 5.74) is 2.17. The van der Waals surface area contributed by atoms with Crippen LogP contribution in [-0.4, -0.2) is 70.3 Å². The van der Waals surface area contributed by atoms with E-state index >= 15 is 0 Å². The third kappa shape index (κ3) is 4.18. The fourth-order valence-electron chi connectivity index (χ4n) is 7.67. The van der Waals surface area contributed by atoms with Crippen molar-refractivity contribution in [3.63, 3.8) is 0 Å². The van der Waals surface area contributed by atoms with Crippen LogP contribution in [0.3, 0.4) is 0 Å². The zero-order valence-electron chi connectivity index (χ0n) is 20.6. The van der Waals surface area contributed by atoms with Crippen molar-refractivity contribution in [1.82, 2.24) is 20.4 Å². The molecule has 2 aromatic heterocycles. The smallest absolute Gasteiger partial charge is 0.292 e. The molecule has 0 spiro atoms. The van der Waals surface area contributed by atoms with E-state index in [4.69, 9.17) is 4.52 Å². The van der Waals surface area contributed by atoms with Crippen molar-refractivity contribution >= 4 is 27.2 Å². The van der Waals surface area contributed by atoms with Gasteiger partial charge in [-0.25, -0.2) is 13.4 Å². The molecule has 3 unspecified atom stereocenters. The topological polar surface area (TPSA) is 159 Å². The summed E-state index contributed by atoms with van der Waals surface area (Å²) >= 11 is 0. The van der Waals surface area contributed by atoms with Gasteiger partial charge in [0.05, 0.1) is 28.4 Å². The van der Waals surface area contributed by atoms with E-state index < -0.39 is 21.3 Å². The molecule has 4 N–H and O–H groups in total. The highest BCUT2D eigenvalue weighted by atomic mass is 32.2. The van der Waals surface area contributed by atoms with Gasteiger partial charge < -0.3 is 25.6 Å². The predicted octanol–water partition coefficient (Wildman–Crippen LogP) is 1.76. The highest BCUT2D eigenvalue weighted by Crippen LogP contribution is 2.56. The lowest BCUT2D eigenvalue weighted by Gasteiger charge is -2.58. The standard InChI is InChI=1S/C25H32N6O5S/c32-23(28-16-2-5-37(34,35)6-3-16)22-30-24(36-31-22)18-12-27-21-17(1-4-26-21)20(18)29-19-14-7-13-8-15(19)11-25(33,9-13)10-14/h12-16,19,33H,1-11H2,(H,28,32)(H2,26,27,29)/t13?,14-,15+,19?,25?. The van der Waals surface area contributed by atoms with Crippen LogP contribution < -0.4 is 16.0 Å². The van der Waals surface area contributed by atoms with Crippen LogP contribution in [0.25, 0.3) is 11.5 Å². The van der Waals surface area contributed by atoms with Gasteiger partial charge in [-0.15, -0.1) is 0 Å². The van der Waals surface area contributed by atoms with E-state index in [0.29, 0.717) is 36.2 Å². The van der Waals surface area contributed by atoms with Gasteiger partial charge in [0.15, 0.2) is 0 Å². The number of aromatic nitrogens is 3. The Kier molecular flexibility index (Phi) is 5.30. The number of hydrogen-bond acceptors (Lipinski definition) is 10. The molecule has 198 valence electrons. The van der Waals surface area contributed by atoms with Crippen LogP contribution in [0, 0.1) is 17.8 Å². The maximum absolute atomic E-state index is 12.8. The first kappa shape index (κ1) is 23.4. The number of pyridine rings is 1. The molecule has 5 atom stereocenters. The fraction of sp³-hybridized carbons (Fsp3) is 0.680. The molecule has 4 bridgehead atoms. The van der Waals surface area contributed by atoms with E-state index in [-0.39, 0.29) is 35.3 Å². The normalized spacial score (nSPS) is 33.6. The molecule has 1 saturated heterocycles. The largest absolute Gasteiger partial charge is 0.390 e. The van der Waals surface area contributed by atoms with Crippen LogP contribution >= 0.6 is 0 Å². The summed E-state index contributed by atoms with van der Waals surface area (Å²) in [5.74, 6) is 2.12. The number of amides is 1. The molecule has 2 aromatic rings. The number of carbonyl (C=O) groups excluding carboxylic acids is 1. The van der Waals surface area contributed by atoms with Gasteiger partial charge in [-0.1, -0.05) is 5.16 Å². The van der Waals surface area contributed by atoms with E-state index in [2.05, 4.69) is 31.1 Å². The molecule has 8 rings (SSSR count). The van der Waals surface area contributed by atoms with Crippen LogP contribution in [0.4, 0.5) is 11.5 Å². The van der Waals surface area contributed by atoms with Crippen molar-refractivity contribution in [2.75, 3.05) is 28.7 Å². The average Bonchev–Trinajstić information content (AvgIpc) is 3.52. The van der Waals surface area contributed by atoms with Gasteiger partial charge in [0.2, 0.25) is 0 Å². The molecule has 4 heterocycles. The Bertz CT molecular complexity index is 1330. The summed E-state index contributed by atoms with van der Waals surface area (Å²) in [4.78, 5) is 21.8. The maximum atomic E-state index is 12.8. The first-order valence-electron chi connectivity index (χ1n) is 13.4. The van der Waals surface area contributed by atoms with E-state index in [1.807, 2.05) is 0 Å². The van der Waals surface area contributed by atoms with Gasteiger partial charge in [0, 0.05) is 30.4 Å². The lowest BCUT2D eigenvalue weighted by atomic mass is 9.52. The first-order valence-corrected chi connectivity index (χ1v) is 15.2. The van der Waals surface area contributed by atoms with Crippen molar-refractivity contribution in [2.45, 2.75) is 69.1 Å². The monoisotopic (exact) mass is 528 g/mol. The van der Waals surface area contributed by atoms with E-state index in [0.717, 1.165) is 62.1 Å². The van der Waals surface area contributed by atoms with Gasteiger partial charge >= 0.3 is 0 Å². The Balaban J connectivity index is 1.14. The lowest BCUT2D eigenvalue weighted by Crippen LogP contribution is -2.59. The van der Waals surface area contributed by atoms with Crippen molar-refractivity contribution in [3.8, 4) is 11.5 Å². The number of anilines is 2. The molecule has 0 aromatic carbocycles. The lowest BCUT2D eigenvalue weighted by molar-refractivity contribution is -0.129. The Hall–Kier alpha value is -2.73. The van der Waals surface area contributed by atoms with E-state index in [9.17, 15) is 18.3 Å². The van der Waals surface area contributed by atoms with Crippen LogP contribution in [0.15, 0.2) is 10.7 Å². The Labute approximate surface area is 215 Å². The number of hydrogen-bond donors (Lipinski definition) is 4. The number of aliphatic hydroxyl groups is 1. The van der Waals surface area contributed by atoms with Crippen molar-refractivity contribution in [2.24, 2.45) is 17.8 Å². The van der Waals surface area contributed by atoms with Gasteiger partial charge in [-0.3, -0.25) is 4.79 Å². The molecule has 1 amide bonds. The maximum Gasteiger partial charge on any atom is 0.292 e. The molecule has 5 fully saturated rings. The summed E-state index contributed by atoms with van der Waals surface area (Å²) in [6, 6.07) is 0.0330. The molecule has 37 heavy (non-hydrogen) atoms. The summed E-state index contributed by atoms with van der Waals surface area (Å²) in [7, 11) is -3.01. The number of carbonyl (C=O) groups is 1. The van der Waals surface area contributed by atoms with Crippen molar-refractivity contribution in [3.05, 3.63) is 17.6 Å². The quantitative estimate of drug-likeness (QED) is 0.450. The zero-order valence-corrected chi connectivity index (χ0v) is 21.4. The summed E-state index contributed by atoms with van der Waals surface area (Å²) < 4.78 is 28.9. The number of rotatable bonds is 5. The number of sulfone groups is 1. The van der Waals surface area contributed by atoms with Crippen molar-refractivity contribution < 1.29 is 22.8 Å². The van der Waals surface area contributed by atoms with Gasteiger partial charge in [-0.05, 0) is 69.1 Å². The van der Waals surface area contributed by atoms with Crippen molar-refractivity contribution in [1.29, 1.82) is 0 Å². The SMILES string of the molecule is O=C(NC1CCS(=O)(=O)CC1)c1noc(-c2cnc3c(c2NC2[C@@H]4CC5C[C@H]2CC(O)(C5)C4)CCN3)n1. The van der Waals surface area contributed by atoms with Gasteiger partial charge in [-0.2, -0.15) is 4.98 Å². The Morgan fingerprint density at radius 3 is 2.65 bits per heavy atom. The van der Waals surface area contributed by atoms with Crippen LogP contribution in [0.2, 0.25) is 0 Å². The zero-order chi connectivity index (χ0) is 25.4. The highest BCUT2D eigenvalue weighted by Gasteiger charge is 2.55. The minimum Gasteiger partial charge on any atom is -0.390 e. The minimum absolute atomic E-state index is 0.0700. The fourth-order valence-corrected chi connectivity index (χ4v) is 9.17. The summed E-state index contributed by atoms with van der Waals surface area (Å²) in [6.45, 7) is 0.800. The molecular weight excluding hydrogens is 496 g/mol. The van der Waals surface area contributed by atoms with E-state index in [1.165, 1.54) is 0 Å². The van der Waals surface area contributed by atoms with Gasteiger partial charge in [0.25, 0.3) is 17.6 Å². The highest BCUT2D eigenvalue weighted by molar-refractivity contribution is 7.91. The second kappa shape index (κ2) is 8.39. The Morgan fingerprint density at radius 2 is 1.92 bits per heavy atom. The second-order valence-electron chi connectivity index (χ2n) is 11.7. The summed E-state index contributed by atoms with van der Waals surface area (Å²) in [6.07, 6.45) is 8.20. The molecule has 2 aliphatic heterocycles. The predicted molar refractivity (Wildman–Crippen MR) is 135 cm³/mol. The van der Waals surface area contributed by atoms with Crippen LogP contribution in [0.1, 0.15) is 61.1 Å².